The van der Waals surface area contributed by atoms with Crippen LogP contribution in [0, 0.1) is 5.92 Å². The van der Waals surface area contributed by atoms with Gasteiger partial charge >= 0.3 is 5.97 Å². The fourth-order valence-corrected chi connectivity index (χ4v) is 2.99. The molecule has 0 aromatic carbocycles. The molecule has 0 fully saturated rings. The van der Waals surface area contributed by atoms with Gasteiger partial charge in [0, 0.05) is 6.42 Å². The van der Waals surface area contributed by atoms with E-state index < -0.39 is 47.7 Å². The summed E-state index contributed by atoms with van der Waals surface area (Å²) >= 11 is 1.45. The molecule has 30 heavy (non-hydrogen) atoms. The van der Waals surface area contributed by atoms with Gasteiger partial charge < -0.3 is 32.5 Å². The summed E-state index contributed by atoms with van der Waals surface area (Å²) in [6.07, 6.45) is 2.30. The lowest BCUT2D eigenvalue weighted by atomic mass is 9.97. The highest BCUT2D eigenvalue weighted by atomic mass is 32.2. The number of carbonyl (C=O) groups excluding carboxylic acids is 4. The first-order chi connectivity index (χ1) is 14.1. The number of hydrogen-bond donors (Lipinski definition) is 6. The summed E-state index contributed by atoms with van der Waals surface area (Å²) in [6.45, 7) is 3.35. The Morgan fingerprint density at radius 1 is 1.00 bits per heavy atom. The van der Waals surface area contributed by atoms with E-state index in [9.17, 15) is 29.1 Å². The molecular formula is C18H33N5O6S. The molecule has 0 aliphatic heterocycles. The molecule has 172 valence electrons. The van der Waals surface area contributed by atoms with Gasteiger partial charge in [-0.2, -0.15) is 11.8 Å². The van der Waals surface area contributed by atoms with E-state index in [1.54, 1.807) is 6.92 Å². The van der Waals surface area contributed by atoms with Crippen LogP contribution in [0.15, 0.2) is 0 Å². The number of primary amides is 1. The molecule has 0 aromatic heterocycles. The molecule has 4 unspecified atom stereocenters. The van der Waals surface area contributed by atoms with Gasteiger partial charge in [0.2, 0.25) is 23.6 Å². The molecular weight excluding hydrogens is 414 g/mol. The molecule has 0 heterocycles. The molecule has 8 N–H and O–H groups in total. The molecule has 11 nitrogen and oxygen atoms in total. The number of nitrogens with one attached hydrogen (secondary N) is 3. The van der Waals surface area contributed by atoms with Crippen molar-refractivity contribution in [2.45, 2.75) is 57.7 Å². The number of nitrogens with two attached hydrogens (primary N) is 2. The third-order valence-electron chi connectivity index (χ3n) is 4.53. The Morgan fingerprint density at radius 2 is 1.60 bits per heavy atom. The van der Waals surface area contributed by atoms with E-state index in [-0.39, 0.29) is 31.7 Å². The van der Waals surface area contributed by atoms with E-state index in [2.05, 4.69) is 16.0 Å². The Hall–Kier alpha value is -2.34. The van der Waals surface area contributed by atoms with Gasteiger partial charge in [0.15, 0.2) is 0 Å². The summed E-state index contributed by atoms with van der Waals surface area (Å²) in [7, 11) is 0. The molecule has 0 radical (unpaired) electrons. The number of aliphatic carboxylic acids is 1. The minimum absolute atomic E-state index is 0.165. The van der Waals surface area contributed by atoms with Gasteiger partial charge in [0.05, 0.1) is 6.54 Å². The molecule has 0 spiro atoms. The standard InChI is InChI=1S/C18H33N5O6S/c1-4-10(2)15(23-14(25)9-19)17(27)21-11(7-8-30-3)16(26)22-12(18(28)29)5-6-13(20)24/h10-12,15H,4-9,19H2,1-3H3,(H2,20,24)(H,21,27)(H,22,26)(H,23,25)(H,28,29). The maximum Gasteiger partial charge on any atom is 0.326 e. The van der Waals surface area contributed by atoms with Gasteiger partial charge in [-0.05, 0) is 30.8 Å². The summed E-state index contributed by atoms with van der Waals surface area (Å²) in [4.78, 5) is 59.4. The predicted molar refractivity (Wildman–Crippen MR) is 113 cm³/mol. The second kappa shape index (κ2) is 14.6. The smallest absolute Gasteiger partial charge is 0.326 e. The van der Waals surface area contributed by atoms with Crippen LogP contribution in [-0.2, 0) is 24.0 Å². The summed E-state index contributed by atoms with van der Waals surface area (Å²) < 4.78 is 0. The maximum absolute atomic E-state index is 12.8. The number of carboxylic acid groups (broad SMARTS) is 1. The fourth-order valence-electron chi connectivity index (χ4n) is 2.52. The summed E-state index contributed by atoms with van der Waals surface area (Å²) in [5.74, 6) is -3.44. The van der Waals surface area contributed by atoms with Crippen molar-refractivity contribution in [2.24, 2.45) is 17.4 Å². The van der Waals surface area contributed by atoms with Gasteiger partial charge in [-0.3, -0.25) is 19.2 Å². The molecule has 12 heteroatoms. The average molecular weight is 448 g/mol. The molecule has 4 atom stereocenters. The van der Waals surface area contributed by atoms with Crippen LogP contribution in [0.2, 0.25) is 0 Å². The number of amides is 4. The lowest BCUT2D eigenvalue weighted by Crippen LogP contribution is -2.57. The van der Waals surface area contributed by atoms with Gasteiger partial charge in [0.25, 0.3) is 0 Å². The van der Waals surface area contributed by atoms with Gasteiger partial charge in [-0.1, -0.05) is 20.3 Å². The Morgan fingerprint density at radius 3 is 2.07 bits per heavy atom. The predicted octanol–water partition coefficient (Wildman–Crippen LogP) is -1.45. The first-order valence-corrected chi connectivity index (χ1v) is 11.1. The topological polar surface area (TPSA) is 194 Å². The van der Waals surface area contributed by atoms with Crippen molar-refractivity contribution in [1.82, 2.24) is 16.0 Å². The molecule has 0 saturated carbocycles. The SMILES string of the molecule is CCC(C)C(NC(=O)CN)C(=O)NC(CCSC)C(=O)NC(CCC(N)=O)C(=O)O. The Labute approximate surface area is 180 Å². The molecule has 0 aliphatic carbocycles. The number of thioether (sulfide) groups is 1. The van der Waals surface area contributed by atoms with Crippen molar-refractivity contribution in [3.05, 3.63) is 0 Å². The number of hydrogen-bond acceptors (Lipinski definition) is 7. The lowest BCUT2D eigenvalue weighted by molar-refractivity contribution is -0.142. The van der Waals surface area contributed by atoms with Crippen molar-refractivity contribution < 1.29 is 29.1 Å². The number of carbonyl (C=O) groups is 5. The van der Waals surface area contributed by atoms with Gasteiger partial charge in [0.1, 0.15) is 18.1 Å². The highest BCUT2D eigenvalue weighted by Crippen LogP contribution is 2.10. The normalized spacial score (nSPS) is 14.7. The van der Waals surface area contributed by atoms with E-state index in [0.29, 0.717) is 12.2 Å². The summed E-state index contributed by atoms with van der Waals surface area (Å²) in [5, 5.41) is 16.8. The second-order valence-corrected chi connectivity index (χ2v) is 7.87. The summed E-state index contributed by atoms with van der Waals surface area (Å²) in [5.41, 5.74) is 10.4. The molecule has 0 bridgehead atoms. The van der Waals surface area contributed by atoms with Crippen molar-refractivity contribution in [1.29, 1.82) is 0 Å². The van der Waals surface area contributed by atoms with Crippen molar-refractivity contribution >= 4 is 41.4 Å². The van der Waals surface area contributed by atoms with Crippen LogP contribution in [0.1, 0.15) is 39.5 Å². The van der Waals surface area contributed by atoms with E-state index in [0.717, 1.165) is 0 Å². The van der Waals surface area contributed by atoms with Crippen LogP contribution in [0.3, 0.4) is 0 Å². The van der Waals surface area contributed by atoms with E-state index in [4.69, 9.17) is 11.5 Å². The van der Waals surface area contributed by atoms with Crippen LogP contribution >= 0.6 is 11.8 Å². The first kappa shape index (κ1) is 27.7. The highest BCUT2D eigenvalue weighted by molar-refractivity contribution is 7.98. The van der Waals surface area contributed by atoms with Crippen LogP contribution < -0.4 is 27.4 Å². The second-order valence-electron chi connectivity index (χ2n) is 6.88. The van der Waals surface area contributed by atoms with Crippen LogP contribution in [0.4, 0.5) is 0 Å². The van der Waals surface area contributed by atoms with E-state index in [1.807, 2.05) is 13.2 Å². The third-order valence-corrected chi connectivity index (χ3v) is 5.18. The molecule has 0 rings (SSSR count). The van der Waals surface area contributed by atoms with Crippen molar-refractivity contribution in [2.75, 3.05) is 18.6 Å². The van der Waals surface area contributed by atoms with Crippen LogP contribution in [-0.4, -0.2) is 71.4 Å². The molecule has 0 aliphatic rings. The maximum atomic E-state index is 12.8. The van der Waals surface area contributed by atoms with Crippen molar-refractivity contribution in [3.63, 3.8) is 0 Å². The number of carboxylic acids is 1. The van der Waals surface area contributed by atoms with E-state index in [1.165, 1.54) is 11.8 Å². The van der Waals surface area contributed by atoms with Crippen LogP contribution in [0.5, 0.6) is 0 Å². The van der Waals surface area contributed by atoms with E-state index >= 15 is 0 Å². The molecule has 4 amide bonds. The Balaban J connectivity index is 5.36. The first-order valence-electron chi connectivity index (χ1n) is 9.67. The van der Waals surface area contributed by atoms with Gasteiger partial charge in [-0.25, -0.2) is 4.79 Å². The largest absolute Gasteiger partial charge is 0.480 e. The zero-order chi connectivity index (χ0) is 23.3. The molecule has 0 saturated heterocycles. The Bertz CT molecular complexity index is 618. The average Bonchev–Trinajstić information content (AvgIpc) is 2.70. The minimum Gasteiger partial charge on any atom is -0.480 e. The Kier molecular flexibility index (Phi) is 13.5. The van der Waals surface area contributed by atoms with Crippen molar-refractivity contribution in [3.8, 4) is 0 Å². The quantitative estimate of drug-likeness (QED) is 0.175. The zero-order valence-electron chi connectivity index (χ0n) is 17.6. The monoisotopic (exact) mass is 447 g/mol. The zero-order valence-corrected chi connectivity index (χ0v) is 18.4. The highest BCUT2D eigenvalue weighted by Gasteiger charge is 2.31. The minimum atomic E-state index is -1.32. The van der Waals surface area contributed by atoms with Crippen LogP contribution in [0.25, 0.3) is 0 Å². The molecule has 0 aromatic rings. The number of rotatable bonds is 15. The third kappa shape index (κ3) is 10.4. The lowest BCUT2D eigenvalue weighted by Gasteiger charge is -2.27. The summed E-state index contributed by atoms with van der Waals surface area (Å²) in [6, 6.07) is -3.22. The van der Waals surface area contributed by atoms with Gasteiger partial charge in [-0.15, -0.1) is 0 Å². The fraction of sp³-hybridized carbons (Fsp3) is 0.722.